The van der Waals surface area contributed by atoms with Crippen molar-refractivity contribution in [1.82, 2.24) is 9.97 Å². The Balaban J connectivity index is 1.85. The van der Waals surface area contributed by atoms with E-state index in [-0.39, 0.29) is 0 Å². The molecule has 2 aliphatic rings. The third kappa shape index (κ3) is 2.60. The van der Waals surface area contributed by atoms with Gasteiger partial charge in [0.15, 0.2) is 0 Å². The maximum atomic E-state index is 4.72. The summed E-state index contributed by atoms with van der Waals surface area (Å²) in [4.78, 5) is 11.5. The lowest BCUT2D eigenvalue weighted by Crippen LogP contribution is -2.32. The molecule has 92 valence electrons. The molecule has 1 aromatic rings. The quantitative estimate of drug-likeness (QED) is 0.802. The maximum Gasteiger partial charge on any atom is 0.135 e. The molecule has 2 fully saturated rings. The minimum atomic E-state index is 0.609. The molecule has 1 saturated heterocycles. The van der Waals surface area contributed by atoms with Gasteiger partial charge < -0.3 is 4.90 Å². The molecule has 1 aliphatic heterocycles. The smallest absolute Gasteiger partial charge is 0.135 e. The molecule has 17 heavy (non-hydrogen) atoms. The van der Waals surface area contributed by atoms with Crippen LogP contribution in [0.3, 0.4) is 0 Å². The highest BCUT2D eigenvalue weighted by molar-refractivity contribution is 9.10. The second-order valence-corrected chi connectivity index (χ2v) is 6.77. The summed E-state index contributed by atoms with van der Waals surface area (Å²) >= 11 is 5.54. The van der Waals surface area contributed by atoms with Gasteiger partial charge in [0.25, 0.3) is 0 Å². The maximum absolute atomic E-state index is 4.72. The summed E-state index contributed by atoms with van der Waals surface area (Å²) in [6.07, 6.45) is 3.76. The number of thioether (sulfide) groups is 1. The molecule has 3 nitrogen and oxygen atoms in total. The molecule has 3 rings (SSSR count). The average molecular weight is 314 g/mol. The molecule has 1 aliphatic carbocycles. The van der Waals surface area contributed by atoms with Crippen LogP contribution in [0.1, 0.15) is 31.0 Å². The van der Waals surface area contributed by atoms with Gasteiger partial charge in [-0.25, -0.2) is 9.97 Å². The molecule has 1 unspecified atom stereocenters. The van der Waals surface area contributed by atoms with Gasteiger partial charge >= 0.3 is 0 Å². The molecule has 0 aromatic carbocycles. The van der Waals surface area contributed by atoms with Crippen LogP contribution in [-0.4, -0.2) is 34.6 Å². The predicted molar refractivity (Wildman–Crippen MR) is 75.8 cm³/mol. The fraction of sp³-hybridized carbons (Fsp3) is 0.667. The first-order chi connectivity index (χ1) is 8.24. The SMILES string of the molecule is CN(c1cc(Br)nc(C2CC2)n1)C1CCSC1. The highest BCUT2D eigenvalue weighted by Gasteiger charge is 2.28. The van der Waals surface area contributed by atoms with E-state index in [9.17, 15) is 0 Å². The fourth-order valence-electron chi connectivity index (χ4n) is 2.14. The van der Waals surface area contributed by atoms with E-state index in [0.717, 1.165) is 16.2 Å². The first-order valence-electron chi connectivity index (χ1n) is 6.09. The zero-order valence-corrected chi connectivity index (χ0v) is 12.3. The molecule has 0 bridgehead atoms. The Bertz CT molecular complexity index is 416. The van der Waals surface area contributed by atoms with E-state index in [1.165, 1.54) is 30.8 Å². The summed E-state index contributed by atoms with van der Waals surface area (Å²) in [6.45, 7) is 0. The van der Waals surface area contributed by atoms with Gasteiger partial charge in [0.05, 0.1) is 0 Å². The van der Waals surface area contributed by atoms with Gasteiger partial charge in [-0.1, -0.05) is 0 Å². The lowest BCUT2D eigenvalue weighted by Gasteiger charge is -2.25. The summed E-state index contributed by atoms with van der Waals surface area (Å²) in [5, 5.41) is 0. The molecule has 1 atom stereocenters. The van der Waals surface area contributed by atoms with Crippen molar-refractivity contribution in [2.75, 3.05) is 23.5 Å². The summed E-state index contributed by atoms with van der Waals surface area (Å²) in [7, 11) is 2.15. The van der Waals surface area contributed by atoms with E-state index in [4.69, 9.17) is 4.98 Å². The first-order valence-corrected chi connectivity index (χ1v) is 8.04. The van der Waals surface area contributed by atoms with E-state index >= 15 is 0 Å². The third-order valence-electron chi connectivity index (χ3n) is 3.46. The van der Waals surface area contributed by atoms with Crippen LogP contribution in [0.15, 0.2) is 10.7 Å². The van der Waals surface area contributed by atoms with E-state index in [1.54, 1.807) is 0 Å². The average Bonchev–Trinajstić information content (AvgIpc) is 3.03. The molecular formula is C12H16BrN3S. The number of rotatable bonds is 3. The predicted octanol–water partition coefficient (Wildman–Crippen LogP) is 3.06. The molecule has 0 amide bonds. The summed E-state index contributed by atoms with van der Waals surface area (Å²) in [5.74, 6) is 5.19. The van der Waals surface area contributed by atoms with Gasteiger partial charge in [0, 0.05) is 30.8 Å². The molecule has 0 spiro atoms. The zero-order chi connectivity index (χ0) is 11.8. The van der Waals surface area contributed by atoms with Crippen molar-refractivity contribution in [2.24, 2.45) is 0 Å². The summed E-state index contributed by atoms with van der Waals surface area (Å²) in [5.41, 5.74) is 0. The van der Waals surface area contributed by atoms with Crippen molar-refractivity contribution in [3.8, 4) is 0 Å². The van der Waals surface area contributed by atoms with Crippen molar-refractivity contribution in [3.05, 3.63) is 16.5 Å². The molecule has 5 heteroatoms. The van der Waals surface area contributed by atoms with E-state index in [1.807, 2.05) is 17.8 Å². The van der Waals surface area contributed by atoms with Crippen LogP contribution >= 0.6 is 27.7 Å². The lowest BCUT2D eigenvalue weighted by molar-refractivity contribution is 0.686. The van der Waals surface area contributed by atoms with Crippen LogP contribution in [0.4, 0.5) is 5.82 Å². The molecular weight excluding hydrogens is 298 g/mol. The fourth-order valence-corrected chi connectivity index (χ4v) is 3.80. The van der Waals surface area contributed by atoms with Crippen LogP contribution in [0, 0.1) is 0 Å². The normalized spacial score (nSPS) is 24.0. The monoisotopic (exact) mass is 313 g/mol. The van der Waals surface area contributed by atoms with Crippen molar-refractivity contribution in [2.45, 2.75) is 31.2 Å². The van der Waals surface area contributed by atoms with E-state index < -0.39 is 0 Å². The number of anilines is 1. The molecule has 1 aromatic heterocycles. The van der Waals surface area contributed by atoms with Crippen molar-refractivity contribution in [3.63, 3.8) is 0 Å². The standard InChI is InChI=1S/C12H16BrN3S/c1-16(9-4-5-17-7-9)11-6-10(13)14-12(15-11)8-2-3-8/h6,8-9H,2-5,7H2,1H3. The lowest BCUT2D eigenvalue weighted by atomic mass is 10.2. The minimum Gasteiger partial charge on any atom is -0.356 e. The Kier molecular flexibility index (Phi) is 3.30. The van der Waals surface area contributed by atoms with Crippen LogP contribution < -0.4 is 4.90 Å². The number of hydrogen-bond donors (Lipinski definition) is 0. The Morgan fingerprint density at radius 3 is 2.82 bits per heavy atom. The number of hydrogen-bond acceptors (Lipinski definition) is 4. The second-order valence-electron chi connectivity index (χ2n) is 4.81. The van der Waals surface area contributed by atoms with Crippen LogP contribution in [0.2, 0.25) is 0 Å². The van der Waals surface area contributed by atoms with Gasteiger partial charge in [-0.05, 0) is 40.9 Å². The second kappa shape index (κ2) is 4.76. The Labute approximate surface area is 115 Å². The number of halogens is 1. The summed E-state index contributed by atoms with van der Waals surface area (Å²) < 4.78 is 0.918. The third-order valence-corrected chi connectivity index (χ3v) is 5.01. The van der Waals surface area contributed by atoms with Crippen molar-refractivity contribution < 1.29 is 0 Å². The van der Waals surface area contributed by atoms with Gasteiger partial charge in [-0.3, -0.25) is 0 Å². The zero-order valence-electron chi connectivity index (χ0n) is 9.90. The Morgan fingerprint density at radius 2 is 2.18 bits per heavy atom. The molecule has 2 heterocycles. The number of nitrogens with zero attached hydrogens (tertiary/aromatic N) is 3. The van der Waals surface area contributed by atoms with Crippen LogP contribution in [0.25, 0.3) is 0 Å². The molecule has 0 radical (unpaired) electrons. The Morgan fingerprint density at radius 1 is 1.35 bits per heavy atom. The number of aromatic nitrogens is 2. The van der Waals surface area contributed by atoms with Crippen molar-refractivity contribution >= 4 is 33.5 Å². The van der Waals surface area contributed by atoms with Gasteiger partial charge in [0.1, 0.15) is 16.2 Å². The first kappa shape index (κ1) is 11.8. The van der Waals surface area contributed by atoms with E-state index in [0.29, 0.717) is 12.0 Å². The van der Waals surface area contributed by atoms with Crippen molar-refractivity contribution in [1.29, 1.82) is 0 Å². The van der Waals surface area contributed by atoms with E-state index in [2.05, 4.69) is 32.9 Å². The Hall–Kier alpha value is -0.290. The summed E-state index contributed by atoms with van der Waals surface area (Å²) in [6, 6.07) is 2.67. The highest BCUT2D eigenvalue weighted by atomic mass is 79.9. The van der Waals surface area contributed by atoms with Crippen LogP contribution in [0.5, 0.6) is 0 Å². The minimum absolute atomic E-state index is 0.609. The van der Waals surface area contributed by atoms with Crippen LogP contribution in [-0.2, 0) is 0 Å². The largest absolute Gasteiger partial charge is 0.356 e. The topological polar surface area (TPSA) is 29.0 Å². The highest BCUT2D eigenvalue weighted by Crippen LogP contribution is 2.39. The van der Waals surface area contributed by atoms with Gasteiger partial charge in [0.2, 0.25) is 0 Å². The van der Waals surface area contributed by atoms with Gasteiger partial charge in [-0.15, -0.1) is 0 Å². The molecule has 1 saturated carbocycles. The molecule has 0 N–H and O–H groups in total. The van der Waals surface area contributed by atoms with Gasteiger partial charge in [-0.2, -0.15) is 11.8 Å².